The maximum atomic E-state index is 5.27. The lowest BCUT2D eigenvalue weighted by Gasteiger charge is -2.39. The third kappa shape index (κ3) is 4.98. The van der Waals surface area contributed by atoms with Gasteiger partial charge in [-0.3, -0.25) is 0 Å². The predicted molar refractivity (Wildman–Crippen MR) is 238 cm³/mol. The largest absolute Gasteiger partial charge is 0.228 e. The number of thiophene rings is 1. The highest BCUT2D eigenvalue weighted by Crippen LogP contribution is 2.62. The molecule has 12 rings (SSSR count). The smallest absolute Gasteiger partial charge is 0.160 e. The molecule has 0 fully saturated rings. The average Bonchev–Trinajstić information content (AvgIpc) is 3.80. The second kappa shape index (κ2) is 12.7. The van der Waals surface area contributed by atoms with Crippen LogP contribution in [0.2, 0.25) is 0 Å². The second-order valence-corrected chi connectivity index (χ2v) is 17.0. The van der Waals surface area contributed by atoms with Crippen LogP contribution in [0.1, 0.15) is 22.3 Å². The fourth-order valence-electron chi connectivity index (χ4n) is 9.24. The van der Waals surface area contributed by atoms with Gasteiger partial charge in [0.2, 0.25) is 0 Å². The molecule has 2 nitrogen and oxygen atoms in total. The summed E-state index contributed by atoms with van der Waals surface area (Å²) in [5.74, 6) is 0.712. The summed E-state index contributed by atoms with van der Waals surface area (Å²) in [6.45, 7) is 0. The lowest BCUT2D eigenvalue weighted by molar-refractivity contribution is 0.722. The Labute approximate surface area is 339 Å². The van der Waals surface area contributed by atoms with E-state index < -0.39 is 0 Å². The number of benzene rings is 8. The zero-order chi connectivity index (χ0) is 37.5. The fourth-order valence-corrected chi connectivity index (χ4v) is 11.6. The van der Waals surface area contributed by atoms with Gasteiger partial charge in [-0.05, 0) is 80.9 Å². The molecule has 2 aromatic heterocycles. The van der Waals surface area contributed by atoms with E-state index in [1.54, 1.807) is 0 Å². The molecular weight excluding hydrogens is 729 g/mol. The zero-order valence-corrected chi connectivity index (χ0v) is 32.3. The molecule has 0 bridgehead atoms. The van der Waals surface area contributed by atoms with Crippen LogP contribution in [-0.2, 0) is 5.41 Å². The summed E-state index contributed by atoms with van der Waals surface area (Å²) in [4.78, 5) is 13.1. The van der Waals surface area contributed by atoms with E-state index in [4.69, 9.17) is 9.97 Å². The van der Waals surface area contributed by atoms with E-state index in [1.807, 2.05) is 29.2 Å². The Kier molecular flexibility index (Phi) is 7.28. The predicted octanol–water partition coefficient (Wildman–Crippen LogP) is 14.3. The van der Waals surface area contributed by atoms with Crippen LogP contribution in [0, 0.1) is 0 Å². The zero-order valence-electron chi connectivity index (χ0n) is 30.7. The monoisotopic (exact) mass is 760 g/mol. The first-order valence-corrected chi connectivity index (χ1v) is 20.9. The topological polar surface area (TPSA) is 25.8 Å². The van der Waals surface area contributed by atoms with Crippen molar-refractivity contribution >= 4 is 43.3 Å². The first-order valence-electron chi connectivity index (χ1n) is 19.3. The second-order valence-electron chi connectivity index (χ2n) is 14.9. The summed E-state index contributed by atoms with van der Waals surface area (Å²) < 4.78 is 2.56. The van der Waals surface area contributed by atoms with E-state index in [0.29, 0.717) is 5.82 Å². The lowest BCUT2D eigenvalue weighted by Crippen LogP contribution is -2.31. The molecule has 0 unspecified atom stereocenters. The first kappa shape index (κ1) is 32.6. The van der Waals surface area contributed by atoms with Gasteiger partial charge in [-0.2, -0.15) is 0 Å². The lowest BCUT2D eigenvalue weighted by atomic mass is 9.67. The Morgan fingerprint density at radius 2 is 0.947 bits per heavy atom. The van der Waals surface area contributed by atoms with Gasteiger partial charge in [0.1, 0.15) is 0 Å². The van der Waals surface area contributed by atoms with Gasteiger partial charge in [0, 0.05) is 46.7 Å². The number of rotatable bonds is 4. The Morgan fingerprint density at radius 3 is 1.77 bits per heavy atom. The Morgan fingerprint density at radius 1 is 0.351 bits per heavy atom. The van der Waals surface area contributed by atoms with E-state index in [2.05, 4.69) is 188 Å². The molecule has 0 atom stereocenters. The highest BCUT2D eigenvalue weighted by Gasteiger charge is 2.50. The molecule has 0 saturated heterocycles. The van der Waals surface area contributed by atoms with Gasteiger partial charge in [-0.15, -0.1) is 11.3 Å². The van der Waals surface area contributed by atoms with E-state index >= 15 is 0 Å². The number of hydrogen-bond donors (Lipinski definition) is 0. The Hall–Kier alpha value is -6.59. The van der Waals surface area contributed by atoms with Crippen molar-refractivity contribution in [1.82, 2.24) is 9.97 Å². The number of hydrogen-bond acceptors (Lipinski definition) is 4. The van der Waals surface area contributed by atoms with Crippen molar-refractivity contribution in [3.63, 3.8) is 0 Å². The van der Waals surface area contributed by atoms with Crippen LogP contribution in [0.3, 0.4) is 0 Å². The van der Waals surface area contributed by atoms with Crippen molar-refractivity contribution in [3.8, 4) is 56.2 Å². The number of fused-ring (bicyclic) bond motifs is 12. The van der Waals surface area contributed by atoms with E-state index in [0.717, 1.165) is 33.6 Å². The minimum atomic E-state index is -0.383. The summed E-state index contributed by atoms with van der Waals surface area (Å²) in [6.07, 6.45) is 0. The Balaban J connectivity index is 0.994. The average molecular weight is 761 g/mol. The molecule has 0 N–H and O–H groups in total. The van der Waals surface area contributed by atoms with Crippen LogP contribution in [-0.4, -0.2) is 9.97 Å². The molecule has 8 aromatic carbocycles. The van der Waals surface area contributed by atoms with Crippen molar-refractivity contribution in [2.75, 3.05) is 0 Å². The SMILES string of the molecule is c1ccc(-c2cc(-c3ccc4c(c3)sc3ccccc34)nc(-c3cccc(-c4ccc5c(c4)Sc4ccccc4C54c5ccccc5-c5ccccc54)c3)n2)cc1. The van der Waals surface area contributed by atoms with Gasteiger partial charge >= 0.3 is 0 Å². The van der Waals surface area contributed by atoms with Gasteiger partial charge < -0.3 is 0 Å². The van der Waals surface area contributed by atoms with Crippen LogP contribution in [0.4, 0.5) is 0 Å². The third-order valence-electron chi connectivity index (χ3n) is 11.8. The van der Waals surface area contributed by atoms with Crippen molar-refractivity contribution in [3.05, 3.63) is 216 Å². The molecule has 1 spiro atoms. The van der Waals surface area contributed by atoms with Crippen LogP contribution in [0.25, 0.3) is 76.3 Å². The number of nitrogens with zero attached hydrogens (tertiary/aromatic N) is 2. The van der Waals surface area contributed by atoms with Gasteiger partial charge in [0.15, 0.2) is 5.82 Å². The minimum Gasteiger partial charge on any atom is -0.228 e. The molecular formula is C53H32N2S2. The van der Waals surface area contributed by atoms with Crippen LogP contribution < -0.4 is 0 Å². The summed E-state index contributed by atoms with van der Waals surface area (Å²) in [7, 11) is 0. The standard InChI is InChI=1S/C53H32N2S2/c1-2-13-33(14-3-1)46-32-47(36-25-27-41-40-19-6-10-23-48(40)56-50(41)31-36)55-52(54-46)37-16-12-15-34(29-37)35-26-28-45-51(30-35)57-49-24-11-9-22-44(49)53(45)42-20-7-4-17-38(42)39-18-5-8-21-43(39)53/h1-32H. The summed E-state index contributed by atoms with van der Waals surface area (Å²) >= 11 is 3.71. The van der Waals surface area contributed by atoms with Gasteiger partial charge in [-0.25, -0.2) is 9.97 Å². The molecule has 1 aliphatic carbocycles. The Bertz CT molecular complexity index is 3190. The normalized spacial score (nSPS) is 13.3. The molecule has 4 heteroatoms. The fraction of sp³-hybridized carbons (Fsp3) is 0.0189. The molecule has 0 saturated carbocycles. The van der Waals surface area contributed by atoms with Crippen molar-refractivity contribution < 1.29 is 0 Å². The van der Waals surface area contributed by atoms with Gasteiger partial charge in [0.25, 0.3) is 0 Å². The molecule has 57 heavy (non-hydrogen) atoms. The van der Waals surface area contributed by atoms with E-state index in [-0.39, 0.29) is 5.41 Å². The molecule has 2 aliphatic rings. The molecule has 3 heterocycles. The molecule has 0 amide bonds. The maximum Gasteiger partial charge on any atom is 0.160 e. The first-order chi connectivity index (χ1) is 28.2. The number of aromatic nitrogens is 2. The van der Waals surface area contributed by atoms with Crippen molar-refractivity contribution in [2.45, 2.75) is 15.2 Å². The highest BCUT2D eigenvalue weighted by molar-refractivity contribution is 7.99. The molecule has 266 valence electrons. The molecule has 0 radical (unpaired) electrons. The van der Waals surface area contributed by atoms with Gasteiger partial charge in [0.05, 0.1) is 16.8 Å². The van der Waals surface area contributed by atoms with Crippen molar-refractivity contribution in [2.24, 2.45) is 0 Å². The molecule has 1 aliphatic heterocycles. The van der Waals surface area contributed by atoms with E-state index in [1.165, 1.54) is 68.9 Å². The van der Waals surface area contributed by atoms with Crippen LogP contribution in [0.5, 0.6) is 0 Å². The summed E-state index contributed by atoms with van der Waals surface area (Å²) in [6, 6.07) is 70.7. The quantitative estimate of drug-likeness (QED) is 0.179. The van der Waals surface area contributed by atoms with E-state index in [9.17, 15) is 0 Å². The molecule has 10 aromatic rings. The van der Waals surface area contributed by atoms with Crippen LogP contribution >= 0.6 is 23.1 Å². The highest BCUT2D eigenvalue weighted by atomic mass is 32.2. The van der Waals surface area contributed by atoms with Crippen molar-refractivity contribution in [1.29, 1.82) is 0 Å². The van der Waals surface area contributed by atoms with Gasteiger partial charge in [-0.1, -0.05) is 169 Å². The minimum absolute atomic E-state index is 0.383. The third-order valence-corrected chi connectivity index (χ3v) is 14.0. The summed E-state index contributed by atoms with van der Waals surface area (Å²) in [5.41, 5.74) is 14.9. The summed E-state index contributed by atoms with van der Waals surface area (Å²) in [5, 5.41) is 2.58. The maximum absolute atomic E-state index is 5.27. The van der Waals surface area contributed by atoms with Crippen LogP contribution in [0.15, 0.2) is 204 Å².